The molecule has 8 nitrogen and oxygen atoms in total. The lowest BCUT2D eigenvalue weighted by Gasteiger charge is -2.12. The van der Waals surface area contributed by atoms with Gasteiger partial charge in [0.25, 0.3) is 17.7 Å². The maximum Gasteiger partial charge on any atom is 0.269 e. The number of amides is 3. The first-order valence-corrected chi connectivity index (χ1v) is 10.7. The predicted octanol–water partition coefficient (Wildman–Crippen LogP) is 3.22. The molecule has 0 radical (unpaired) electrons. The molecular weight excluding hydrogens is 422 g/mol. The Kier molecular flexibility index (Phi) is 8.24. The van der Waals surface area contributed by atoms with E-state index in [9.17, 15) is 14.4 Å². The van der Waals surface area contributed by atoms with E-state index in [1.807, 2.05) is 30.3 Å². The largest absolute Gasteiger partial charge is 0.493 e. The number of nitrogens with one attached hydrogen (secondary N) is 3. The molecule has 0 spiro atoms. The van der Waals surface area contributed by atoms with E-state index in [2.05, 4.69) is 23.1 Å². The molecule has 0 aliphatic heterocycles. The fraction of sp³-hybridized carbons (Fsp3) is 0.240. The van der Waals surface area contributed by atoms with E-state index in [1.54, 1.807) is 24.3 Å². The lowest BCUT2D eigenvalue weighted by Crippen LogP contribution is -2.46. The van der Waals surface area contributed by atoms with E-state index in [0.717, 1.165) is 23.6 Å². The van der Waals surface area contributed by atoms with Crippen LogP contribution in [0.4, 0.5) is 0 Å². The van der Waals surface area contributed by atoms with Gasteiger partial charge in [-0.05, 0) is 47.5 Å². The number of carbonyl (C=O) groups excluding carboxylic acids is 3. The van der Waals surface area contributed by atoms with Crippen molar-refractivity contribution in [2.24, 2.45) is 0 Å². The molecule has 3 rings (SSSR count). The molecule has 0 atom stereocenters. The molecule has 0 aliphatic rings. The second-order valence-corrected chi connectivity index (χ2v) is 7.31. The molecule has 8 heteroatoms. The summed E-state index contributed by atoms with van der Waals surface area (Å²) in [6.07, 6.45) is 1.92. The Morgan fingerprint density at radius 3 is 2.30 bits per heavy atom. The molecule has 0 heterocycles. The normalized spacial score (nSPS) is 10.4. The van der Waals surface area contributed by atoms with Crippen LogP contribution in [0.2, 0.25) is 0 Å². The Hall–Kier alpha value is -4.07. The Morgan fingerprint density at radius 1 is 0.818 bits per heavy atom. The molecule has 0 fully saturated rings. The van der Waals surface area contributed by atoms with Gasteiger partial charge in [-0.3, -0.25) is 25.2 Å². The van der Waals surface area contributed by atoms with Gasteiger partial charge in [0.2, 0.25) is 0 Å². The molecular formula is C25H27N3O5. The average molecular weight is 450 g/mol. The third-order valence-corrected chi connectivity index (χ3v) is 4.92. The first kappa shape index (κ1) is 23.6. The van der Waals surface area contributed by atoms with Crippen LogP contribution >= 0.6 is 0 Å². The number of methoxy groups -OCH3 is 1. The van der Waals surface area contributed by atoms with Gasteiger partial charge in [-0.15, -0.1) is 0 Å². The molecule has 0 bridgehead atoms. The van der Waals surface area contributed by atoms with Crippen LogP contribution in [0.25, 0.3) is 10.8 Å². The summed E-state index contributed by atoms with van der Waals surface area (Å²) >= 11 is 0. The van der Waals surface area contributed by atoms with Crippen molar-refractivity contribution >= 4 is 28.5 Å². The summed E-state index contributed by atoms with van der Waals surface area (Å²) in [6, 6.07) is 17.7. The smallest absolute Gasteiger partial charge is 0.269 e. The van der Waals surface area contributed by atoms with Gasteiger partial charge in [0.05, 0.1) is 20.3 Å². The van der Waals surface area contributed by atoms with Gasteiger partial charge in [0.1, 0.15) is 0 Å². The van der Waals surface area contributed by atoms with Crippen molar-refractivity contribution < 1.29 is 23.9 Å². The highest BCUT2D eigenvalue weighted by molar-refractivity contribution is 6.00. The van der Waals surface area contributed by atoms with Crippen LogP contribution in [0.1, 0.15) is 40.5 Å². The van der Waals surface area contributed by atoms with Crippen molar-refractivity contribution in [2.45, 2.75) is 19.8 Å². The maximum atomic E-state index is 12.4. The number of ether oxygens (including phenoxy) is 2. The lowest BCUT2D eigenvalue weighted by atomic mass is 10.1. The summed E-state index contributed by atoms with van der Waals surface area (Å²) in [5.41, 5.74) is 5.34. The van der Waals surface area contributed by atoms with Gasteiger partial charge < -0.3 is 14.8 Å². The van der Waals surface area contributed by atoms with Crippen LogP contribution in [-0.2, 0) is 4.79 Å². The molecule has 0 saturated heterocycles. The minimum atomic E-state index is -0.566. The fourth-order valence-corrected chi connectivity index (χ4v) is 3.09. The van der Waals surface area contributed by atoms with Gasteiger partial charge in [-0.25, -0.2) is 0 Å². The first-order chi connectivity index (χ1) is 16.0. The van der Waals surface area contributed by atoms with Crippen molar-refractivity contribution in [3.05, 3.63) is 71.8 Å². The Morgan fingerprint density at radius 2 is 1.55 bits per heavy atom. The monoisotopic (exact) mass is 449 g/mol. The minimum absolute atomic E-state index is 0.287. The first-order valence-electron chi connectivity index (χ1n) is 10.7. The second kappa shape index (κ2) is 11.5. The van der Waals surface area contributed by atoms with Gasteiger partial charge in [0.15, 0.2) is 11.5 Å². The zero-order valence-electron chi connectivity index (χ0n) is 18.6. The highest BCUT2D eigenvalue weighted by Gasteiger charge is 2.13. The summed E-state index contributed by atoms with van der Waals surface area (Å²) in [7, 11) is 1.49. The molecule has 3 amide bonds. The van der Waals surface area contributed by atoms with E-state index in [4.69, 9.17) is 9.47 Å². The topological polar surface area (TPSA) is 106 Å². The third-order valence-electron chi connectivity index (χ3n) is 4.92. The van der Waals surface area contributed by atoms with Crippen molar-refractivity contribution in [3.63, 3.8) is 0 Å². The summed E-state index contributed by atoms with van der Waals surface area (Å²) in [6.45, 7) is 2.33. The predicted molar refractivity (Wildman–Crippen MR) is 125 cm³/mol. The zero-order valence-corrected chi connectivity index (χ0v) is 18.6. The third kappa shape index (κ3) is 6.46. The summed E-state index contributed by atoms with van der Waals surface area (Å²) < 4.78 is 10.9. The van der Waals surface area contributed by atoms with E-state index in [-0.39, 0.29) is 18.0 Å². The average Bonchev–Trinajstić information content (AvgIpc) is 2.85. The van der Waals surface area contributed by atoms with Gasteiger partial charge >= 0.3 is 0 Å². The maximum absolute atomic E-state index is 12.4. The molecule has 33 heavy (non-hydrogen) atoms. The summed E-state index contributed by atoms with van der Waals surface area (Å²) in [5, 5.41) is 4.49. The summed E-state index contributed by atoms with van der Waals surface area (Å²) in [4.78, 5) is 36.8. The number of fused-ring (bicyclic) bond motifs is 1. The van der Waals surface area contributed by atoms with Crippen molar-refractivity contribution in [2.75, 3.05) is 20.3 Å². The Balaban J connectivity index is 1.49. The number of rotatable bonds is 9. The SMILES string of the molecule is CCCCOc1ccc(C(=O)NNC(=O)CNC(=O)c2ccc3ccccc3c2)cc1OC. The Labute approximate surface area is 192 Å². The molecule has 0 saturated carbocycles. The number of hydrogen-bond donors (Lipinski definition) is 3. The van der Waals surface area contributed by atoms with Crippen LogP contribution in [0.5, 0.6) is 11.5 Å². The quantitative estimate of drug-likeness (QED) is 0.344. The summed E-state index contributed by atoms with van der Waals surface area (Å²) in [5.74, 6) is -0.507. The van der Waals surface area contributed by atoms with Crippen molar-refractivity contribution in [3.8, 4) is 11.5 Å². The number of hydrazine groups is 1. The van der Waals surface area contributed by atoms with Crippen LogP contribution in [0, 0.1) is 0 Å². The molecule has 3 aromatic rings. The van der Waals surface area contributed by atoms with Crippen LogP contribution in [0.15, 0.2) is 60.7 Å². The van der Waals surface area contributed by atoms with E-state index in [1.165, 1.54) is 13.2 Å². The van der Waals surface area contributed by atoms with Crippen LogP contribution in [-0.4, -0.2) is 38.0 Å². The minimum Gasteiger partial charge on any atom is -0.493 e. The zero-order chi connectivity index (χ0) is 23.6. The standard InChI is InChI=1S/C25H27N3O5/c1-3-4-13-33-21-12-11-20(15-22(21)32-2)25(31)28-27-23(29)16-26-24(30)19-10-9-17-7-5-6-8-18(17)14-19/h5-12,14-15H,3-4,13,16H2,1-2H3,(H,26,30)(H,27,29)(H,28,31). The highest BCUT2D eigenvalue weighted by Crippen LogP contribution is 2.28. The lowest BCUT2D eigenvalue weighted by molar-refractivity contribution is -0.120. The number of hydrogen-bond acceptors (Lipinski definition) is 5. The van der Waals surface area contributed by atoms with Crippen molar-refractivity contribution in [1.82, 2.24) is 16.2 Å². The molecule has 0 unspecified atom stereocenters. The number of unbranched alkanes of at least 4 members (excludes halogenated alkanes) is 1. The van der Waals surface area contributed by atoms with Gasteiger partial charge in [-0.2, -0.15) is 0 Å². The molecule has 0 aliphatic carbocycles. The Bertz CT molecular complexity index is 1150. The van der Waals surface area contributed by atoms with Gasteiger partial charge in [-0.1, -0.05) is 43.7 Å². The van der Waals surface area contributed by atoms with Crippen molar-refractivity contribution in [1.29, 1.82) is 0 Å². The second-order valence-electron chi connectivity index (χ2n) is 7.31. The van der Waals surface area contributed by atoms with E-state index < -0.39 is 11.8 Å². The van der Waals surface area contributed by atoms with E-state index >= 15 is 0 Å². The molecule has 3 N–H and O–H groups in total. The van der Waals surface area contributed by atoms with Crippen LogP contribution < -0.4 is 25.6 Å². The number of carbonyl (C=O) groups is 3. The van der Waals surface area contributed by atoms with Gasteiger partial charge in [0, 0.05) is 11.1 Å². The van der Waals surface area contributed by atoms with Crippen LogP contribution in [0.3, 0.4) is 0 Å². The van der Waals surface area contributed by atoms with E-state index in [0.29, 0.717) is 23.7 Å². The number of benzene rings is 3. The fourth-order valence-electron chi connectivity index (χ4n) is 3.09. The molecule has 172 valence electrons. The molecule has 3 aromatic carbocycles. The molecule has 0 aromatic heterocycles. The highest BCUT2D eigenvalue weighted by atomic mass is 16.5.